The highest BCUT2D eigenvalue weighted by Gasteiger charge is 2.77. The van der Waals surface area contributed by atoms with Crippen molar-refractivity contribution in [3.8, 4) is 17.3 Å². The molecule has 15 heteroatoms. The second-order valence-corrected chi connectivity index (χ2v) is 13.7. The van der Waals surface area contributed by atoms with Crippen molar-refractivity contribution >= 4 is 34.0 Å². The summed E-state index contributed by atoms with van der Waals surface area (Å²) in [4.78, 5) is 17.4. The van der Waals surface area contributed by atoms with Crippen molar-refractivity contribution < 1.29 is 31.1 Å². The lowest BCUT2D eigenvalue weighted by molar-refractivity contribution is -0.137. The number of fused-ring (bicyclic) bond motifs is 4. The van der Waals surface area contributed by atoms with Gasteiger partial charge in [-0.3, -0.25) is 9.88 Å². The normalized spacial score (nSPS) is 30.4. The molecular formula is C30H30ClF6N7O. The summed E-state index contributed by atoms with van der Waals surface area (Å²) in [6.07, 6.45) is 0.152. The number of nitrogens with two attached hydrogens (primary N) is 1. The number of rotatable bonds is 5. The van der Waals surface area contributed by atoms with Gasteiger partial charge in [-0.15, -0.1) is 0 Å². The fourth-order valence-corrected chi connectivity index (χ4v) is 8.47. The van der Waals surface area contributed by atoms with Crippen LogP contribution in [0, 0.1) is 11.2 Å². The second-order valence-electron chi connectivity index (χ2n) is 13.4. The van der Waals surface area contributed by atoms with Gasteiger partial charge < -0.3 is 20.7 Å². The molecule has 3 aromatic rings. The van der Waals surface area contributed by atoms with Crippen molar-refractivity contribution in [3.63, 3.8) is 0 Å². The van der Waals surface area contributed by atoms with Crippen LogP contribution in [0.1, 0.15) is 44.1 Å². The van der Waals surface area contributed by atoms with E-state index >= 15 is 4.39 Å². The zero-order valence-electron chi connectivity index (χ0n) is 24.0. The van der Waals surface area contributed by atoms with Crippen molar-refractivity contribution in [2.45, 2.75) is 68.2 Å². The first-order chi connectivity index (χ1) is 21.3. The fourth-order valence-electron chi connectivity index (χ4n) is 8.16. The number of benzene rings is 1. The molecule has 0 radical (unpaired) electrons. The molecule has 4 atom stereocenters. The average Bonchev–Trinajstić information content (AvgIpc) is 3.30. The van der Waals surface area contributed by atoms with E-state index in [1.165, 1.54) is 6.20 Å². The largest absolute Gasteiger partial charge is 0.461 e. The van der Waals surface area contributed by atoms with Crippen LogP contribution < -0.4 is 20.7 Å². The summed E-state index contributed by atoms with van der Waals surface area (Å²) in [5.41, 5.74) is 1.69. The van der Waals surface area contributed by atoms with Gasteiger partial charge >= 0.3 is 12.2 Å². The topological polar surface area (TPSA) is 92.4 Å². The number of alkyl halides is 5. The Bertz CT molecular complexity index is 1710. The number of nitrogens with one attached hydrogen (secondary N) is 1. The number of nitrogen functional groups attached to an aromatic ring is 1. The summed E-state index contributed by atoms with van der Waals surface area (Å²) in [7, 11) is 0. The number of nitrogens with zero attached hydrogens (tertiary/aromatic N) is 5. The lowest BCUT2D eigenvalue weighted by Gasteiger charge is -2.34. The summed E-state index contributed by atoms with van der Waals surface area (Å²) in [5, 5.41) is 3.07. The van der Waals surface area contributed by atoms with Crippen molar-refractivity contribution in [3.05, 3.63) is 34.7 Å². The fraction of sp³-hybridized carbons (Fsp3) is 0.567. The Balaban J connectivity index is 1.21. The zero-order chi connectivity index (χ0) is 31.5. The number of halogens is 7. The summed E-state index contributed by atoms with van der Waals surface area (Å²) >= 11 is 6.16. The number of aromatic nitrogens is 3. The molecule has 45 heavy (non-hydrogen) atoms. The van der Waals surface area contributed by atoms with E-state index in [-0.39, 0.29) is 53.3 Å². The molecular weight excluding hydrogens is 624 g/mol. The van der Waals surface area contributed by atoms with Gasteiger partial charge in [0.2, 0.25) is 0 Å². The number of hydrogen-bond acceptors (Lipinski definition) is 8. The molecule has 2 aromatic heterocycles. The Morgan fingerprint density at radius 1 is 1.11 bits per heavy atom. The maximum absolute atomic E-state index is 16.4. The first kappa shape index (κ1) is 29.3. The molecule has 5 fully saturated rings. The van der Waals surface area contributed by atoms with Gasteiger partial charge in [-0.05, 0) is 50.8 Å². The van der Waals surface area contributed by atoms with Crippen molar-refractivity contribution in [1.29, 1.82) is 0 Å². The lowest BCUT2D eigenvalue weighted by Crippen LogP contribution is -2.51. The SMILES string of the molecule is Nc1cc(-c2ncc3c(N4C[C@H]5CC[C@@H](C4)N5)nc(OC[C@@]45CCCN4C[C@@]4(CC4(F)F)C5)nc3c2F)c(Cl)c(C(F)(F)F)c1. The third-order valence-electron chi connectivity index (χ3n) is 10.4. The van der Waals surface area contributed by atoms with Gasteiger partial charge in [-0.25, -0.2) is 13.2 Å². The van der Waals surface area contributed by atoms with E-state index in [9.17, 15) is 22.0 Å². The molecule has 8 nitrogen and oxygen atoms in total. The number of pyridine rings is 1. The summed E-state index contributed by atoms with van der Waals surface area (Å²) < 4.78 is 92.5. The monoisotopic (exact) mass is 653 g/mol. The van der Waals surface area contributed by atoms with Crippen molar-refractivity contribution in [1.82, 2.24) is 25.2 Å². The van der Waals surface area contributed by atoms with Gasteiger partial charge in [0.25, 0.3) is 5.92 Å². The van der Waals surface area contributed by atoms with Crippen LogP contribution in [0.25, 0.3) is 22.2 Å². The average molecular weight is 654 g/mol. The molecule has 3 N–H and O–H groups in total. The lowest BCUT2D eigenvalue weighted by atomic mass is 9.89. The van der Waals surface area contributed by atoms with Gasteiger partial charge in [0, 0.05) is 55.6 Å². The quantitative estimate of drug-likeness (QED) is 0.269. The Morgan fingerprint density at radius 2 is 1.84 bits per heavy atom. The highest BCUT2D eigenvalue weighted by Crippen LogP contribution is 2.69. The van der Waals surface area contributed by atoms with Crippen molar-refractivity contribution in [2.24, 2.45) is 5.41 Å². The Morgan fingerprint density at radius 3 is 2.53 bits per heavy atom. The third kappa shape index (κ3) is 4.61. The molecule has 6 heterocycles. The van der Waals surface area contributed by atoms with E-state index < -0.39 is 45.1 Å². The van der Waals surface area contributed by atoms with Crippen LogP contribution in [-0.2, 0) is 6.18 Å². The molecule has 0 amide bonds. The Kier molecular flexibility index (Phi) is 6.32. The van der Waals surface area contributed by atoms with Gasteiger partial charge in [-0.2, -0.15) is 23.1 Å². The second kappa shape index (κ2) is 9.71. The molecule has 2 bridgehead atoms. The van der Waals surface area contributed by atoms with Crippen LogP contribution in [-0.4, -0.2) is 76.2 Å². The molecule has 1 aliphatic carbocycles. The van der Waals surface area contributed by atoms with E-state index in [0.29, 0.717) is 50.9 Å². The maximum atomic E-state index is 16.4. The highest BCUT2D eigenvalue weighted by molar-refractivity contribution is 6.34. The highest BCUT2D eigenvalue weighted by atomic mass is 35.5. The zero-order valence-corrected chi connectivity index (χ0v) is 24.8. The number of ether oxygens (including phenoxy) is 1. The number of hydrogen-bond donors (Lipinski definition) is 2. The van der Waals surface area contributed by atoms with E-state index in [0.717, 1.165) is 25.3 Å². The molecule has 1 saturated carbocycles. The summed E-state index contributed by atoms with van der Waals surface area (Å²) in [6, 6.07) is 2.11. The molecule has 1 aromatic carbocycles. The summed E-state index contributed by atoms with van der Waals surface area (Å²) in [6.45, 7) is 2.24. The van der Waals surface area contributed by atoms with Gasteiger partial charge in [0.05, 0.1) is 26.9 Å². The third-order valence-corrected chi connectivity index (χ3v) is 10.8. The molecule has 8 rings (SSSR count). The first-order valence-electron chi connectivity index (χ1n) is 15.1. The Hall–Kier alpha value is -3.10. The van der Waals surface area contributed by atoms with Gasteiger partial charge in [0.1, 0.15) is 23.6 Å². The molecule has 4 aliphatic heterocycles. The van der Waals surface area contributed by atoms with Crippen LogP contribution >= 0.6 is 11.6 Å². The van der Waals surface area contributed by atoms with Gasteiger partial charge in [0.15, 0.2) is 5.82 Å². The van der Waals surface area contributed by atoms with E-state index in [4.69, 9.17) is 27.1 Å². The summed E-state index contributed by atoms with van der Waals surface area (Å²) in [5.74, 6) is -3.31. The standard InChI is InChI=1S/C30H30ClF6N7O/c31-21-18(6-15(38)7-20(21)30(35,36)37)23-22(32)24-19(8-39-23)25(43-9-16-2-3-17(10-43)40-16)42-26(41-24)45-14-28-4-1-5-44(28)13-27(11-28)12-29(27,33)34/h6-8,16-17,40H,1-5,9-14,38H2/t16-,17+,27-,28-/m0/s1. The van der Waals surface area contributed by atoms with Crippen LogP contribution in [0.4, 0.5) is 37.8 Å². The van der Waals surface area contributed by atoms with Crippen molar-refractivity contribution in [2.75, 3.05) is 43.4 Å². The number of piperazine rings is 1. The van der Waals surface area contributed by atoms with Crippen LogP contribution in [0.15, 0.2) is 18.3 Å². The minimum Gasteiger partial charge on any atom is -0.461 e. The van der Waals surface area contributed by atoms with E-state index in [2.05, 4.69) is 20.2 Å². The predicted octanol–water partition coefficient (Wildman–Crippen LogP) is 5.67. The van der Waals surface area contributed by atoms with Gasteiger partial charge in [-0.1, -0.05) is 11.6 Å². The first-order valence-corrected chi connectivity index (χ1v) is 15.4. The molecule has 0 unspecified atom stereocenters. The van der Waals surface area contributed by atoms with Crippen LogP contribution in [0.5, 0.6) is 6.01 Å². The minimum absolute atomic E-state index is 0.0537. The molecule has 1 spiro atoms. The molecule has 4 saturated heterocycles. The Labute approximate surface area is 259 Å². The smallest absolute Gasteiger partial charge is 0.417 e. The molecule has 240 valence electrons. The van der Waals surface area contributed by atoms with Crippen LogP contribution in [0.2, 0.25) is 5.02 Å². The maximum Gasteiger partial charge on any atom is 0.417 e. The minimum atomic E-state index is -4.83. The number of anilines is 2. The predicted molar refractivity (Wildman–Crippen MR) is 155 cm³/mol. The van der Waals surface area contributed by atoms with Crippen LogP contribution in [0.3, 0.4) is 0 Å². The van der Waals surface area contributed by atoms with E-state index in [1.807, 2.05) is 4.90 Å². The molecule has 5 aliphatic rings. The van der Waals surface area contributed by atoms with E-state index in [1.54, 1.807) is 0 Å².